The minimum atomic E-state index is 0.218. The van der Waals surface area contributed by atoms with E-state index in [-0.39, 0.29) is 6.10 Å². The number of benzene rings is 1. The number of carbonyl (C=O) groups is 1. The van der Waals surface area contributed by atoms with Crippen molar-refractivity contribution in [3.8, 4) is 11.5 Å². The molecule has 2 bridgehead atoms. The predicted molar refractivity (Wildman–Crippen MR) is 68.2 cm³/mol. The first-order chi connectivity index (χ1) is 8.80. The molecule has 0 amide bonds. The zero-order chi connectivity index (χ0) is 12.5. The van der Waals surface area contributed by atoms with Crippen LogP contribution in [-0.2, 0) is 0 Å². The molecule has 0 N–H and O–H groups in total. The molecule has 1 fully saturated rings. The summed E-state index contributed by atoms with van der Waals surface area (Å²) in [5.41, 5.74) is 0.615. The molecule has 0 spiro atoms. The molecule has 0 heterocycles. The molecule has 2 aliphatic rings. The Hall–Kier alpha value is -1.77. The van der Waals surface area contributed by atoms with Gasteiger partial charge in [0, 0.05) is 11.5 Å². The number of methoxy groups -OCH3 is 1. The topological polar surface area (TPSA) is 35.5 Å². The molecule has 0 saturated heterocycles. The van der Waals surface area contributed by atoms with Gasteiger partial charge in [0.25, 0.3) is 0 Å². The smallest absolute Gasteiger partial charge is 0.162 e. The lowest BCUT2D eigenvalue weighted by Crippen LogP contribution is -2.21. The van der Waals surface area contributed by atoms with Crippen molar-refractivity contribution in [2.24, 2.45) is 11.8 Å². The van der Waals surface area contributed by atoms with Crippen molar-refractivity contribution in [2.45, 2.75) is 18.9 Å². The normalized spacial score (nSPS) is 28.4. The maximum absolute atomic E-state index is 10.8. The van der Waals surface area contributed by atoms with Gasteiger partial charge in [-0.15, -0.1) is 0 Å². The number of carbonyl (C=O) groups excluding carboxylic acids is 1. The predicted octanol–water partition coefficient (Wildman–Crippen LogP) is 2.85. The average Bonchev–Trinajstić information content (AvgIpc) is 3.01. The van der Waals surface area contributed by atoms with E-state index in [1.807, 2.05) is 0 Å². The Morgan fingerprint density at radius 3 is 2.72 bits per heavy atom. The maximum atomic E-state index is 10.8. The molecule has 18 heavy (non-hydrogen) atoms. The second-order valence-corrected chi connectivity index (χ2v) is 4.96. The van der Waals surface area contributed by atoms with E-state index in [2.05, 4.69) is 12.2 Å². The van der Waals surface area contributed by atoms with Gasteiger partial charge in [-0.1, -0.05) is 12.2 Å². The van der Waals surface area contributed by atoms with Gasteiger partial charge >= 0.3 is 0 Å². The number of fused-ring (bicyclic) bond motifs is 2. The number of hydrogen-bond acceptors (Lipinski definition) is 3. The highest BCUT2D eigenvalue weighted by molar-refractivity contribution is 5.76. The molecule has 3 atom stereocenters. The van der Waals surface area contributed by atoms with Crippen molar-refractivity contribution in [1.82, 2.24) is 0 Å². The van der Waals surface area contributed by atoms with E-state index < -0.39 is 0 Å². The van der Waals surface area contributed by atoms with Gasteiger partial charge < -0.3 is 9.47 Å². The monoisotopic (exact) mass is 244 g/mol. The lowest BCUT2D eigenvalue weighted by Gasteiger charge is -2.21. The zero-order valence-electron chi connectivity index (χ0n) is 10.3. The number of hydrogen-bond donors (Lipinski definition) is 0. The minimum Gasteiger partial charge on any atom is -0.493 e. The van der Waals surface area contributed by atoms with Crippen LogP contribution < -0.4 is 9.47 Å². The second-order valence-electron chi connectivity index (χ2n) is 4.96. The summed E-state index contributed by atoms with van der Waals surface area (Å²) >= 11 is 0. The Balaban J connectivity index is 1.83. The van der Waals surface area contributed by atoms with Crippen LogP contribution in [0, 0.1) is 11.8 Å². The molecular weight excluding hydrogens is 228 g/mol. The fourth-order valence-corrected chi connectivity index (χ4v) is 2.89. The van der Waals surface area contributed by atoms with Crippen LogP contribution in [0.2, 0.25) is 0 Å². The number of rotatable bonds is 4. The van der Waals surface area contributed by atoms with Crippen molar-refractivity contribution >= 4 is 6.29 Å². The van der Waals surface area contributed by atoms with Gasteiger partial charge in [-0.2, -0.15) is 0 Å². The molecule has 0 radical (unpaired) electrons. The van der Waals surface area contributed by atoms with Crippen molar-refractivity contribution in [2.75, 3.05) is 7.11 Å². The van der Waals surface area contributed by atoms with Crippen molar-refractivity contribution in [1.29, 1.82) is 0 Å². The fourth-order valence-electron chi connectivity index (χ4n) is 2.89. The Bertz CT molecular complexity index is 493. The van der Waals surface area contributed by atoms with Gasteiger partial charge in [-0.3, -0.25) is 4.79 Å². The Morgan fingerprint density at radius 1 is 1.22 bits per heavy atom. The molecule has 3 nitrogen and oxygen atoms in total. The molecule has 2 aliphatic carbocycles. The summed E-state index contributed by atoms with van der Waals surface area (Å²) in [5.74, 6) is 2.54. The zero-order valence-corrected chi connectivity index (χ0v) is 10.3. The van der Waals surface area contributed by atoms with E-state index in [1.54, 1.807) is 25.3 Å². The van der Waals surface area contributed by atoms with Gasteiger partial charge in [0.1, 0.15) is 12.4 Å². The van der Waals surface area contributed by atoms with E-state index in [9.17, 15) is 4.79 Å². The molecule has 94 valence electrons. The summed E-state index contributed by atoms with van der Waals surface area (Å²) in [6, 6.07) is 5.27. The molecule has 3 rings (SSSR count). The number of aldehydes is 1. The summed E-state index contributed by atoms with van der Waals surface area (Å²) in [6.07, 6.45) is 7.83. The highest BCUT2D eigenvalue weighted by atomic mass is 16.5. The van der Waals surface area contributed by atoms with Crippen molar-refractivity contribution in [3.63, 3.8) is 0 Å². The van der Waals surface area contributed by atoms with Crippen LogP contribution in [0.25, 0.3) is 0 Å². The molecule has 1 aromatic rings. The molecule has 0 aliphatic heterocycles. The minimum absolute atomic E-state index is 0.218. The van der Waals surface area contributed by atoms with E-state index >= 15 is 0 Å². The van der Waals surface area contributed by atoms with Crippen LogP contribution in [0.1, 0.15) is 23.2 Å². The summed E-state index contributed by atoms with van der Waals surface area (Å²) in [5, 5.41) is 0. The van der Waals surface area contributed by atoms with E-state index in [1.165, 1.54) is 6.42 Å². The summed E-state index contributed by atoms with van der Waals surface area (Å²) in [6.45, 7) is 0. The van der Waals surface area contributed by atoms with Crippen LogP contribution in [-0.4, -0.2) is 19.5 Å². The van der Waals surface area contributed by atoms with E-state index in [0.29, 0.717) is 28.9 Å². The third kappa shape index (κ3) is 1.90. The molecule has 3 heteroatoms. The van der Waals surface area contributed by atoms with Gasteiger partial charge in [0.15, 0.2) is 11.5 Å². The van der Waals surface area contributed by atoms with Crippen LogP contribution in [0.15, 0.2) is 30.4 Å². The molecule has 3 unspecified atom stereocenters. The first-order valence-electron chi connectivity index (χ1n) is 6.28. The van der Waals surface area contributed by atoms with Gasteiger partial charge in [0.2, 0.25) is 0 Å². The van der Waals surface area contributed by atoms with Crippen molar-refractivity contribution in [3.05, 3.63) is 35.9 Å². The number of allylic oxidation sites excluding steroid dienone is 1. The van der Waals surface area contributed by atoms with Gasteiger partial charge in [-0.25, -0.2) is 0 Å². The first kappa shape index (κ1) is 11.3. The molecule has 0 aromatic heterocycles. The fraction of sp³-hybridized carbons (Fsp3) is 0.400. The summed E-state index contributed by atoms with van der Waals surface area (Å²) in [4.78, 5) is 10.8. The summed E-state index contributed by atoms with van der Waals surface area (Å²) in [7, 11) is 1.61. The van der Waals surface area contributed by atoms with Crippen molar-refractivity contribution < 1.29 is 14.3 Å². The van der Waals surface area contributed by atoms with Crippen LogP contribution >= 0.6 is 0 Å². The van der Waals surface area contributed by atoms with Gasteiger partial charge in [0.05, 0.1) is 7.11 Å². The SMILES string of the molecule is COc1ccc(C=O)cc1OC1CC2C=CC1C2. The van der Waals surface area contributed by atoms with E-state index in [0.717, 1.165) is 12.7 Å². The standard InChI is InChI=1S/C15H16O3/c1-17-13-5-3-11(9-16)8-15(13)18-14-7-10-2-4-12(14)6-10/h2-5,8-10,12,14H,6-7H2,1H3. The van der Waals surface area contributed by atoms with Crippen LogP contribution in [0.4, 0.5) is 0 Å². The Labute approximate surface area is 106 Å². The van der Waals surface area contributed by atoms with Crippen LogP contribution in [0.3, 0.4) is 0 Å². The first-order valence-corrected chi connectivity index (χ1v) is 6.28. The molecule has 1 saturated carbocycles. The average molecular weight is 244 g/mol. The molecular formula is C15H16O3. The van der Waals surface area contributed by atoms with Gasteiger partial charge in [-0.05, 0) is 37.0 Å². The molecule has 1 aromatic carbocycles. The lowest BCUT2D eigenvalue weighted by molar-refractivity contribution is 0.112. The second kappa shape index (κ2) is 4.48. The van der Waals surface area contributed by atoms with E-state index in [4.69, 9.17) is 9.47 Å². The highest BCUT2D eigenvalue weighted by Crippen LogP contribution is 2.42. The largest absolute Gasteiger partial charge is 0.493 e. The highest BCUT2D eigenvalue weighted by Gasteiger charge is 2.37. The quantitative estimate of drug-likeness (QED) is 0.603. The van der Waals surface area contributed by atoms with Crippen LogP contribution in [0.5, 0.6) is 11.5 Å². The third-order valence-electron chi connectivity index (χ3n) is 3.82. The Morgan fingerprint density at radius 2 is 2.11 bits per heavy atom. The third-order valence-corrected chi connectivity index (χ3v) is 3.82. The summed E-state index contributed by atoms with van der Waals surface area (Å²) < 4.78 is 11.3. The number of ether oxygens (including phenoxy) is 2. The Kier molecular flexibility index (Phi) is 2.82. The lowest BCUT2D eigenvalue weighted by atomic mass is 10.0. The maximum Gasteiger partial charge on any atom is 0.162 e.